The number of benzene rings is 1. The van der Waals surface area contributed by atoms with Gasteiger partial charge in [-0.25, -0.2) is 0 Å². The Bertz CT molecular complexity index is 459. The molecule has 0 fully saturated rings. The molecule has 3 nitrogen and oxygen atoms in total. The van der Waals surface area contributed by atoms with Crippen LogP contribution in [-0.2, 0) is 10.0 Å². The van der Waals surface area contributed by atoms with Crippen LogP contribution in [0.15, 0.2) is 33.6 Å². The van der Waals surface area contributed by atoms with Crippen LogP contribution < -0.4 is 0 Å². The Morgan fingerprint density at radius 1 is 1.46 bits per heavy atom. The third-order valence-electron chi connectivity index (χ3n) is 1.44. The van der Waals surface area contributed by atoms with Crippen molar-refractivity contribution in [1.29, 1.82) is 0 Å². The Hall–Kier alpha value is -1.03. The highest BCUT2D eigenvalue weighted by molar-refractivity contribution is 7.91. The van der Waals surface area contributed by atoms with Gasteiger partial charge in [-0.15, -0.1) is 4.40 Å². The Balaban J connectivity index is 3.31. The third kappa shape index (κ3) is 2.45. The molecule has 0 aliphatic carbocycles. The molecule has 0 saturated heterocycles. The zero-order valence-corrected chi connectivity index (χ0v) is 8.52. The Morgan fingerprint density at radius 3 is 2.69 bits per heavy atom. The van der Waals surface area contributed by atoms with Gasteiger partial charge in [-0.3, -0.25) is 0 Å². The summed E-state index contributed by atoms with van der Waals surface area (Å²) in [5.41, 5.74) is 0.862. The largest absolute Gasteiger partial charge is 0.290 e. The van der Waals surface area contributed by atoms with E-state index in [9.17, 15) is 8.42 Å². The lowest BCUT2D eigenvalue weighted by atomic mass is 10.2. The van der Waals surface area contributed by atoms with Crippen molar-refractivity contribution in [2.75, 3.05) is 0 Å². The lowest BCUT2D eigenvalue weighted by Gasteiger charge is -1.97. The van der Waals surface area contributed by atoms with Crippen LogP contribution in [0.25, 0.3) is 0 Å². The fraction of sp³-hybridized carbons (Fsp3) is 0.125. The normalized spacial score (nSPS) is 10.5. The monoisotopic (exact) mass is 213 g/mol. The van der Waals surface area contributed by atoms with Crippen LogP contribution in [0, 0.1) is 6.92 Å². The predicted molar refractivity (Wildman–Crippen MR) is 53.4 cm³/mol. The first-order chi connectivity index (χ1) is 6.06. The molecule has 0 amide bonds. The van der Waals surface area contributed by atoms with E-state index in [4.69, 9.17) is 0 Å². The lowest BCUT2D eigenvalue weighted by Crippen LogP contribution is -1.95. The smallest absolute Gasteiger partial charge is 0.199 e. The molecule has 0 aliphatic rings. The molecule has 1 aromatic rings. The molecule has 1 aromatic carbocycles. The Morgan fingerprint density at radius 2 is 2.15 bits per heavy atom. The van der Waals surface area contributed by atoms with E-state index in [0.29, 0.717) is 0 Å². The number of hydrogen-bond acceptors (Lipinski definition) is 3. The first-order valence-electron chi connectivity index (χ1n) is 3.47. The molecule has 0 spiro atoms. The molecule has 0 N–H and O–H groups in total. The van der Waals surface area contributed by atoms with Crippen molar-refractivity contribution in [3.8, 4) is 0 Å². The molecular formula is C8H7NO2S2. The summed E-state index contributed by atoms with van der Waals surface area (Å²) in [7, 11) is -3.62. The molecule has 0 radical (unpaired) electrons. The van der Waals surface area contributed by atoms with Gasteiger partial charge in [-0.2, -0.15) is 8.42 Å². The van der Waals surface area contributed by atoms with Gasteiger partial charge < -0.3 is 0 Å². The standard InChI is InChI=1S/C8H7NO2S2/c1-7-3-2-4-8(5-7)13(10,11)9-6-12/h2-5H,1H3. The topological polar surface area (TPSA) is 46.5 Å². The van der Waals surface area contributed by atoms with Crippen molar-refractivity contribution in [2.45, 2.75) is 11.8 Å². The molecule has 0 atom stereocenters. The van der Waals surface area contributed by atoms with Crippen LogP contribution in [0.4, 0.5) is 0 Å². The second-order valence-electron chi connectivity index (χ2n) is 2.47. The van der Waals surface area contributed by atoms with Gasteiger partial charge in [0.05, 0.1) is 10.1 Å². The Labute approximate surface area is 82.2 Å². The number of aryl methyl sites for hydroxylation is 1. The summed E-state index contributed by atoms with van der Waals surface area (Å²) in [6.45, 7) is 1.81. The fourth-order valence-electron chi connectivity index (χ4n) is 0.878. The minimum Gasteiger partial charge on any atom is -0.199 e. The fourth-order valence-corrected chi connectivity index (χ4v) is 1.96. The van der Waals surface area contributed by atoms with E-state index in [0.717, 1.165) is 5.56 Å². The quantitative estimate of drug-likeness (QED) is 0.555. The van der Waals surface area contributed by atoms with Crippen molar-refractivity contribution in [3.05, 3.63) is 29.8 Å². The van der Waals surface area contributed by atoms with E-state index in [1.807, 2.05) is 5.16 Å². The van der Waals surface area contributed by atoms with E-state index in [-0.39, 0.29) is 4.90 Å². The first kappa shape index (κ1) is 10.1. The predicted octanol–water partition coefficient (Wildman–Crippen LogP) is 1.79. The average molecular weight is 213 g/mol. The van der Waals surface area contributed by atoms with Gasteiger partial charge in [0.15, 0.2) is 0 Å². The summed E-state index contributed by atoms with van der Waals surface area (Å²) in [6, 6.07) is 6.46. The molecule has 13 heavy (non-hydrogen) atoms. The molecule has 68 valence electrons. The van der Waals surface area contributed by atoms with Gasteiger partial charge in [0.25, 0.3) is 10.0 Å². The van der Waals surface area contributed by atoms with Gasteiger partial charge in [-0.1, -0.05) is 12.1 Å². The second-order valence-corrected chi connectivity index (χ2v) is 4.26. The van der Waals surface area contributed by atoms with Crippen molar-refractivity contribution in [2.24, 2.45) is 4.40 Å². The third-order valence-corrected chi connectivity index (χ3v) is 2.83. The minimum absolute atomic E-state index is 0.143. The number of isothiocyanates is 1. The molecule has 0 saturated carbocycles. The Kier molecular flexibility index (Phi) is 2.93. The number of hydrogen-bond donors (Lipinski definition) is 0. The first-order valence-corrected chi connectivity index (χ1v) is 5.32. The van der Waals surface area contributed by atoms with Crippen LogP contribution in [-0.4, -0.2) is 13.6 Å². The van der Waals surface area contributed by atoms with E-state index in [1.165, 1.54) is 12.1 Å². The zero-order chi connectivity index (χ0) is 9.90. The maximum absolute atomic E-state index is 11.3. The van der Waals surface area contributed by atoms with Crippen molar-refractivity contribution in [1.82, 2.24) is 0 Å². The van der Waals surface area contributed by atoms with Gasteiger partial charge >= 0.3 is 0 Å². The molecule has 1 rings (SSSR count). The van der Waals surface area contributed by atoms with E-state index >= 15 is 0 Å². The summed E-state index contributed by atoms with van der Waals surface area (Å²) in [5, 5.41) is 1.85. The van der Waals surface area contributed by atoms with Crippen LogP contribution in [0.3, 0.4) is 0 Å². The number of nitrogens with zero attached hydrogens (tertiary/aromatic N) is 1. The highest BCUT2D eigenvalue weighted by Gasteiger charge is 2.10. The van der Waals surface area contributed by atoms with Crippen molar-refractivity contribution < 1.29 is 8.42 Å². The molecule has 0 heterocycles. The van der Waals surface area contributed by atoms with Gasteiger partial charge in [0, 0.05) is 0 Å². The van der Waals surface area contributed by atoms with Gasteiger partial charge in [-0.05, 0) is 36.8 Å². The molecular weight excluding hydrogens is 206 g/mol. The number of sulfonamides is 1. The van der Waals surface area contributed by atoms with Crippen molar-refractivity contribution >= 4 is 27.4 Å². The molecule has 0 aromatic heterocycles. The van der Waals surface area contributed by atoms with Gasteiger partial charge in [0.2, 0.25) is 0 Å². The summed E-state index contributed by atoms with van der Waals surface area (Å²) < 4.78 is 25.7. The molecule has 0 bridgehead atoms. The summed E-state index contributed by atoms with van der Waals surface area (Å²) >= 11 is 4.24. The SMILES string of the molecule is Cc1cccc(S(=O)(=O)N=C=S)c1. The van der Waals surface area contributed by atoms with Crippen LogP contribution in [0.1, 0.15) is 5.56 Å². The lowest BCUT2D eigenvalue weighted by molar-refractivity contribution is 0.598. The summed E-state index contributed by atoms with van der Waals surface area (Å²) in [5.74, 6) is 0. The van der Waals surface area contributed by atoms with E-state index in [1.54, 1.807) is 19.1 Å². The molecule has 5 heteroatoms. The summed E-state index contributed by atoms with van der Waals surface area (Å²) in [6.07, 6.45) is 0. The molecule has 0 aliphatic heterocycles. The second kappa shape index (κ2) is 3.79. The summed E-state index contributed by atoms with van der Waals surface area (Å²) in [4.78, 5) is 0.143. The van der Waals surface area contributed by atoms with Crippen LogP contribution >= 0.6 is 12.2 Å². The van der Waals surface area contributed by atoms with E-state index < -0.39 is 10.0 Å². The number of thiocarbonyl (C=S) groups is 1. The van der Waals surface area contributed by atoms with Crippen LogP contribution in [0.2, 0.25) is 0 Å². The van der Waals surface area contributed by atoms with Crippen LogP contribution in [0.5, 0.6) is 0 Å². The van der Waals surface area contributed by atoms with Crippen molar-refractivity contribution in [3.63, 3.8) is 0 Å². The minimum atomic E-state index is -3.62. The highest BCUT2D eigenvalue weighted by Crippen LogP contribution is 2.12. The highest BCUT2D eigenvalue weighted by atomic mass is 32.2. The zero-order valence-electron chi connectivity index (χ0n) is 6.89. The maximum Gasteiger partial charge on any atom is 0.290 e. The average Bonchev–Trinajstić information content (AvgIpc) is 2.04. The maximum atomic E-state index is 11.3. The molecule has 0 unspecified atom stereocenters. The van der Waals surface area contributed by atoms with Gasteiger partial charge in [0.1, 0.15) is 0 Å². The van der Waals surface area contributed by atoms with E-state index in [2.05, 4.69) is 16.6 Å². The number of rotatable bonds is 2.